The van der Waals surface area contributed by atoms with Gasteiger partial charge in [0.05, 0.1) is 0 Å². The smallest absolute Gasteiger partial charge is 0.150 e. The lowest BCUT2D eigenvalue weighted by atomic mass is 9.77. The predicted molar refractivity (Wildman–Crippen MR) is 112 cm³/mol. The Morgan fingerprint density at radius 3 is 2.35 bits per heavy atom. The van der Waals surface area contributed by atoms with Crippen molar-refractivity contribution in [2.75, 3.05) is 5.73 Å². The summed E-state index contributed by atoms with van der Waals surface area (Å²) in [6.45, 7) is 12.9. The molecule has 3 heteroatoms. The van der Waals surface area contributed by atoms with Crippen molar-refractivity contribution in [2.24, 2.45) is 11.7 Å². The van der Waals surface area contributed by atoms with E-state index in [9.17, 15) is 4.79 Å². The quantitative estimate of drug-likeness (QED) is 0.491. The lowest BCUT2D eigenvalue weighted by Crippen LogP contribution is -2.32. The maximum Gasteiger partial charge on any atom is 0.150 e. The van der Waals surface area contributed by atoms with Crippen molar-refractivity contribution in [1.29, 1.82) is 0 Å². The van der Waals surface area contributed by atoms with Gasteiger partial charge in [0.1, 0.15) is 5.78 Å². The van der Waals surface area contributed by atoms with Crippen molar-refractivity contribution in [2.45, 2.75) is 96.9 Å². The Bertz CT molecular complexity index is 648. The van der Waals surface area contributed by atoms with Crippen LogP contribution in [0.3, 0.4) is 0 Å². The lowest BCUT2D eigenvalue weighted by Gasteiger charge is -2.30. The van der Waals surface area contributed by atoms with Crippen molar-refractivity contribution in [1.82, 2.24) is 0 Å². The monoisotopic (exact) mass is 358 g/mol. The number of hydrogen-bond acceptors (Lipinski definition) is 3. The number of Topliss-reactive ketones (excluding diaryl/α,β-unsaturated/α-hetero) is 1. The van der Waals surface area contributed by atoms with Gasteiger partial charge in [-0.2, -0.15) is 0 Å². The fraction of sp³-hybridized carbons (Fsp3) is 0.696. The minimum absolute atomic E-state index is 0.000230. The molecule has 0 amide bonds. The van der Waals surface area contributed by atoms with E-state index in [-0.39, 0.29) is 17.9 Å². The number of hydrogen-bond donors (Lipinski definition) is 2. The van der Waals surface area contributed by atoms with Gasteiger partial charge in [0, 0.05) is 29.0 Å². The number of benzene rings is 1. The first kappa shape index (κ1) is 21.0. The van der Waals surface area contributed by atoms with Gasteiger partial charge >= 0.3 is 0 Å². The van der Waals surface area contributed by atoms with Gasteiger partial charge in [0.2, 0.25) is 0 Å². The molecule has 0 spiro atoms. The van der Waals surface area contributed by atoms with Crippen LogP contribution in [0.1, 0.15) is 102 Å². The molecule has 0 saturated carbocycles. The first-order valence-electron chi connectivity index (χ1n) is 10.4. The van der Waals surface area contributed by atoms with E-state index in [1.807, 2.05) is 0 Å². The second-order valence-electron chi connectivity index (χ2n) is 8.95. The number of anilines is 1. The zero-order valence-corrected chi connectivity index (χ0v) is 17.6. The van der Waals surface area contributed by atoms with Crippen molar-refractivity contribution >= 4 is 11.5 Å². The normalized spacial score (nSPS) is 21.1. The highest BCUT2D eigenvalue weighted by atomic mass is 16.1. The Hall–Kier alpha value is -1.35. The lowest BCUT2D eigenvalue weighted by molar-refractivity contribution is -0.123. The molecule has 0 radical (unpaired) electrons. The Morgan fingerprint density at radius 2 is 1.81 bits per heavy atom. The molecule has 0 saturated heterocycles. The van der Waals surface area contributed by atoms with E-state index in [4.69, 9.17) is 11.5 Å². The van der Waals surface area contributed by atoms with Crippen LogP contribution in [0.15, 0.2) is 12.1 Å². The highest BCUT2D eigenvalue weighted by Gasteiger charge is 2.45. The second-order valence-corrected chi connectivity index (χ2v) is 8.95. The molecule has 1 aromatic rings. The van der Waals surface area contributed by atoms with Crippen LogP contribution in [0.2, 0.25) is 0 Å². The maximum atomic E-state index is 13.1. The van der Waals surface area contributed by atoms with Crippen LogP contribution >= 0.6 is 0 Å². The third-order valence-corrected chi connectivity index (χ3v) is 6.34. The molecule has 0 fully saturated rings. The Labute approximate surface area is 159 Å². The fourth-order valence-electron chi connectivity index (χ4n) is 4.70. The standard InChI is InChI=1S/C23H38N2O/c1-7-9-10-11-15-16-13-20(25)17(21(14(3)4)19(24)8-2)12-18(16)23(5,6)22(15)26/h12-15,19,21H,7-11,24-25H2,1-6H3. The average molecular weight is 359 g/mol. The van der Waals surface area contributed by atoms with Crippen LogP contribution in [0.4, 0.5) is 5.69 Å². The van der Waals surface area contributed by atoms with Crippen LogP contribution in [0.5, 0.6) is 0 Å². The fourth-order valence-corrected chi connectivity index (χ4v) is 4.70. The number of nitrogen functional groups attached to an aromatic ring is 1. The minimum atomic E-state index is -0.438. The molecule has 1 aromatic carbocycles. The summed E-state index contributed by atoms with van der Waals surface area (Å²) in [4.78, 5) is 13.1. The number of unbranched alkanes of at least 4 members (excludes halogenated alkanes) is 2. The molecule has 2 rings (SSSR count). The van der Waals surface area contributed by atoms with Crippen molar-refractivity contribution in [3.63, 3.8) is 0 Å². The molecular weight excluding hydrogens is 320 g/mol. The first-order chi connectivity index (χ1) is 12.2. The summed E-state index contributed by atoms with van der Waals surface area (Å²) in [7, 11) is 0. The van der Waals surface area contributed by atoms with Gasteiger partial charge < -0.3 is 11.5 Å². The topological polar surface area (TPSA) is 69.1 Å². The molecule has 4 N–H and O–H groups in total. The molecular formula is C23H38N2O. The van der Waals surface area contributed by atoms with Crippen molar-refractivity contribution in [3.8, 4) is 0 Å². The van der Waals surface area contributed by atoms with Crippen molar-refractivity contribution < 1.29 is 4.79 Å². The highest BCUT2D eigenvalue weighted by Crippen LogP contribution is 2.48. The summed E-state index contributed by atoms with van der Waals surface area (Å²) >= 11 is 0. The molecule has 3 unspecified atom stereocenters. The van der Waals surface area contributed by atoms with E-state index in [2.05, 4.69) is 53.7 Å². The van der Waals surface area contributed by atoms with Gasteiger partial charge in [0.25, 0.3) is 0 Å². The van der Waals surface area contributed by atoms with Crippen LogP contribution in [-0.4, -0.2) is 11.8 Å². The Balaban J connectivity index is 2.51. The number of carbonyl (C=O) groups is 1. The van der Waals surface area contributed by atoms with Gasteiger partial charge in [-0.05, 0) is 55.4 Å². The first-order valence-corrected chi connectivity index (χ1v) is 10.4. The molecule has 0 aromatic heterocycles. The van der Waals surface area contributed by atoms with E-state index < -0.39 is 5.41 Å². The summed E-state index contributed by atoms with van der Waals surface area (Å²) < 4.78 is 0. The minimum Gasteiger partial charge on any atom is -0.398 e. The molecule has 0 aliphatic heterocycles. The van der Waals surface area contributed by atoms with E-state index >= 15 is 0 Å². The molecule has 146 valence electrons. The van der Waals surface area contributed by atoms with Crippen LogP contribution in [0.25, 0.3) is 0 Å². The van der Waals surface area contributed by atoms with Crippen LogP contribution < -0.4 is 11.5 Å². The summed E-state index contributed by atoms with van der Waals surface area (Å²) in [5.41, 5.74) is 16.8. The highest BCUT2D eigenvalue weighted by molar-refractivity contribution is 6.00. The van der Waals surface area contributed by atoms with Gasteiger partial charge in [0.15, 0.2) is 0 Å². The molecule has 1 aliphatic rings. The third-order valence-electron chi connectivity index (χ3n) is 6.34. The van der Waals surface area contributed by atoms with Gasteiger partial charge in [-0.15, -0.1) is 0 Å². The second kappa shape index (κ2) is 8.12. The van der Waals surface area contributed by atoms with Crippen LogP contribution in [0, 0.1) is 5.92 Å². The zero-order chi connectivity index (χ0) is 19.6. The van der Waals surface area contributed by atoms with Crippen LogP contribution in [-0.2, 0) is 10.2 Å². The largest absolute Gasteiger partial charge is 0.398 e. The van der Waals surface area contributed by atoms with E-state index in [0.29, 0.717) is 11.7 Å². The number of ketones is 1. The van der Waals surface area contributed by atoms with E-state index in [1.165, 1.54) is 18.4 Å². The Kier molecular flexibility index (Phi) is 6.55. The SMILES string of the molecule is CCCCCC1C(=O)C(C)(C)c2cc(C(C(C)C)C(N)CC)c(N)cc21. The molecule has 0 bridgehead atoms. The molecule has 3 nitrogen and oxygen atoms in total. The van der Waals surface area contributed by atoms with E-state index in [0.717, 1.165) is 36.1 Å². The zero-order valence-electron chi connectivity index (χ0n) is 17.6. The molecule has 1 aliphatic carbocycles. The number of rotatable bonds is 8. The molecule has 3 atom stereocenters. The summed E-state index contributed by atoms with van der Waals surface area (Å²) in [5, 5.41) is 0. The molecule has 26 heavy (non-hydrogen) atoms. The summed E-state index contributed by atoms with van der Waals surface area (Å²) in [6, 6.07) is 4.38. The van der Waals surface area contributed by atoms with Gasteiger partial charge in [-0.3, -0.25) is 4.79 Å². The van der Waals surface area contributed by atoms with Gasteiger partial charge in [-0.25, -0.2) is 0 Å². The maximum absolute atomic E-state index is 13.1. The number of nitrogens with two attached hydrogens (primary N) is 2. The molecule has 0 heterocycles. The average Bonchev–Trinajstić information content (AvgIpc) is 2.75. The van der Waals surface area contributed by atoms with Crippen molar-refractivity contribution in [3.05, 3.63) is 28.8 Å². The summed E-state index contributed by atoms with van der Waals surface area (Å²) in [6.07, 6.45) is 5.29. The Morgan fingerprint density at radius 1 is 1.15 bits per heavy atom. The van der Waals surface area contributed by atoms with Gasteiger partial charge in [-0.1, -0.05) is 53.0 Å². The number of carbonyl (C=O) groups excluding carboxylic acids is 1. The van der Waals surface area contributed by atoms with E-state index in [1.54, 1.807) is 0 Å². The third kappa shape index (κ3) is 3.69. The predicted octanol–water partition coefficient (Wildman–Crippen LogP) is 5.27. The number of fused-ring (bicyclic) bond motifs is 1. The summed E-state index contributed by atoms with van der Waals surface area (Å²) in [5.74, 6) is 0.975.